The largest absolute Gasteiger partial charge is 0.480 e. The van der Waals surface area contributed by atoms with Gasteiger partial charge in [-0.15, -0.1) is 0 Å². The van der Waals surface area contributed by atoms with Crippen LogP contribution in [0.4, 0.5) is 0 Å². The monoisotopic (exact) mass is 328 g/mol. The summed E-state index contributed by atoms with van der Waals surface area (Å²) in [4.78, 5) is 23.6. The van der Waals surface area contributed by atoms with E-state index in [1.54, 1.807) is 19.9 Å². The highest BCUT2D eigenvalue weighted by molar-refractivity contribution is 9.10. The van der Waals surface area contributed by atoms with E-state index in [1.807, 2.05) is 18.2 Å². The van der Waals surface area contributed by atoms with Crippen LogP contribution in [0, 0.1) is 5.41 Å². The summed E-state index contributed by atoms with van der Waals surface area (Å²) in [5, 5.41) is 9.46. The molecule has 0 aliphatic carbocycles. The first kappa shape index (κ1) is 15.7. The van der Waals surface area contributed by atoms with Gasteiger partial charge < -0.3 is 9.84 Å². The van der Waals surface area contributed by atoms with Crippen molar-refractivity contribution < 1.29 is 19.4 Å². The van der Waals surface area contributed by atoms with E-state index in [1.165, 1.54) is 0 Å². The summed E-state index contributed by atoms with van der Waals surface area (Å²) in [5.41, 5.74) is -0.750. The minimum atomic E-state index is -1.53. The second-order valence-electron chi connectivity index (χ2n) is 4.23. The summed E-state index contributed by atoms with van der Waals surface area (Å²) in [6, 6.07) is 7.28. The third-order valence-electron chi connectivity index (χ3n) is 3.13. The molecule has 0 aliphatic heterocycles. The molecule has 19 heavy (non-hydrogen) atoms. The normalized spacial score (nSPS) is 13.6. The lowest BCUT2D eigenvalue weighted by molar-refractivity contribution is -0.168. The van der Waals surface area contributed by atoms with Crippen molar-refractivity contribution in [1.29, 1.82) is 0 Å². The Hall–Kier alpha value is -1.36. The molecule has 1 aromatic carbocycles. The number of rotatable bonds is 6. The SMILES string of the molecule is CCOC(=O)C(CC)(Cc1ccccc1Br)C(=O)O. The molecule has 1 rings (SSSR count). The Bertz CT molecular complexity index is 472. The fourth-order valence-electron chi connectivity index (χ4n) is 1.89. The molecule has 0 aromatic heterocycles. The first-order valence-electron chi connectivity index (χ1n) is 6.12. The van der Waals surface area contributed by atoms with E-state index in [0.29, 0.717) is 0 Å². The Morgan fingerprint density at radius 1 is 1.32 bits per heavy atom. The van der Waals surface area contributed by atoms with Crippen molar-refractivity contribution in [3.05, 3.63) is 34.3 Å². The Kier molecular flexibility index (Phi) is 5.54. The maximum Gasteiger partial charge on any atom is 0.323 e. The van der Waals surface area contributed by atoms with Crippen molar-refractivity contribution in [2.75, 3.05) is 6.61 Å². The van der Waals surface area contributed by atoms with Gasteiger partial charge in [0.15, 0.2) is 5.41 Å². The van der Waals surface area contributed by atoms with Crippen molar-refractivity contribution >= 4 is 27.9 Å². The predicted octanol–water partition coefficient (Wildman–Crippen LogP) is 3.04. The van der Waals surface area contributed by atoms with E-state index in [0.717, 1.165) is 10.0 Å². The standard InChI is InChI=1S/C14H17BrO4/c1-3-14(12(16)17,13(18)19-4-2)9-10-7-5-6-8-11(10)15/h5-8H,3-4,9H2,1-2H3,(H,16,17). The molecule has 1 N–H and O–H groups in total. The van der Waals surface area contributed by atoms with E-state index in [2.05, 4.69) is 15.9 Å². The molecule has 5 heteroatoms. The fourth-order valence-corrected chi connectivity index (χ4v) is 2.32. The molecule has 0 spiro atoms. The van der Waals surface area contributed by atoms with Crippen LogP contribution in [0.1, 0.15) is 25.8 Å². The van der Waals surface area contributed by atoms with E-state index >= 15 is 0 Å². The molecule has 1 unspecified atom stereocenters. The first-order valence-corrected chi connectivity index (χ1v) is 6.91. The Balaban J connectivity index is 3.15. The van der Waals surface area contributed by atoms with Crippen LogP contribution in [0.25, 0.3) is 0 Å². The summed E-state index contributed by atoms with van der Waals surface area (Å²) >= 11 is 3.37. The van der Waals surface area contributed by atoms with Crippen LogP contribution in [0.15, 0.2) is 28.7 Å². The predicted molar refractivity (Wildman–Crippen MR) is 74.8 cm³/mol. The number of carboxylic acid groups (broad SMARTS) is 1. The zero-order valence-electron chi connectivity index (χ0n) is 11.0. The van der Waals surface area contributed by atoms with Crippen LogP contribution in [-0.2, 0) is 20.7 Å². The molecule has 104 valence electrons. The van der Waals surface area contributed by atoms with E-state index in [-0.39, 0.29) is 19.4 Å². The molecule has 1 atom stereocenters. The lowest BCUT2D eigenvalue weighted by atomic mass is 9.79. The Morgan fingerprint density at radius 3 is 2.42 bits per heavy atom. The molecule has 0 fully saturated rings. The van der Waals surface area contributed by atoms with Gasteiger partial charge in [0.2, 0.25) is 0 Å². The quantitative estimate of drug-likeness (QED) is 0.644. The van der Waals surface area contributed by atoms with Gasteiger partial charge in [0.1, 0.15) is 0 Å². The molecule has 0 bridgehead atoms. The zero-order chi connectivity index (χ0) is 14.5. The molecule has 0 heterocycles. The number of hydrogen-bond acceptors (Lipinski definition) is 3. The van der Waals surface area contributed by atoms with Crippen LogP contribution in [-0.4, -0.2) is 23.7 Å². The van der Waals surface area contributed by atoms with Crippen molar-refractivity contribution in [3.8, 4) is 0 Å². The molecule has 0 amide bonds. The van der Waals surface area contributed by atoms with Crippen molar-refractivity contribution in [2.24, 2.45) is 5.41 Å². The Morgan fingerprint density at radius 2 is 1.95 bits per heavy atom. The molecule has 0 saturated carbocycles. The van der Waals surface area contributed by atoms with Gasteiger partial charge in [-0.3, -0.25) is 9.59 Å². The second kappa shape index (κ2) is 6.70. The van der Waals surface area contributed by atoms with Crippen LogP contribution in [0.2, 0.25) is 0 Å². The number of benzene rings is 1. The number of aliphatic carboxylic acids is 1. The van der Waals surface area contributed by atoms with Gasteiger partial charge in [-0.2, -0.15) is 0 Å². The lowest BCUT2D eigenvalue weighted by Crippen LogP contribution is -2.42. The average molecular weight is 329 g/mol. The highest BCUT2D eigenvalue weighted by Crippen LogP contribution is 2.32. The molecule has 1 aromatic rings. The molecule has 0 aliphatic rings. The molecule has 0 radical (unpaired) electrons. The lowest BCUT2D eigenvalue weighted by Gasteiger charge is -2.26. The van der Waals surface area contributed by atoms with Crippen LogP contribution in [0.5, 0.6) is 0 Å². The fraction of sp³-hybridized carbons (Fsp3) is 0.429. The van der Waals surface area contributed by atoms with Crippen LogP contribution < -0.4 is 0 Å². The van der Waals surface area contributed by atoms with E-state index in [4.69, 9.17) is 4.74 Å². The van der Waals surface area contributed by atoms with Gasteiger partial charge in [-0.25, -0.2) is 0 Å². The minimum Gasteiger partial charge on any atom is -0.480 e. The van der Waals surface area contributed by atoms with Crippen LogP contribution in [0.3, 0.4) is 0 Å². The van der Waals surface area contributed by atoms with Crippen molar-refractivity contribution in [3.63, 3.8) is 0 Å². The molecular formula is C14H17BrO4. The third-order valence-corrected chi connectivity index (χ3v) is 3.90. The minimum absolute atomic E-state index is 0.110. The zero-order valence-corrected chi connectivity index (χ0v) is 12.6. The van der Waals surface area contributed by atoms with Gasteiger partial charge >= 0.3 is 11.9 Å². The third kappa shape index (κ3) is 3.35. The van der Waals surface area contributed by atoms with Gasteiger partial charge in [0.05, 0.1) is 6.61 Å². The summed E-state index contributed by atoms with van der Waals surface area (Å²) in [7, 11) is 0. The summed E-state index contributed by atoms with van der Waals surface area (Å²) in [5.74, 6) is -1.83. The highest BCUT2D eigenvalue weighted by atomic mass is 79.9. The number of carboxylic acids is 1. The number of esters is 1. The average Bonchev–Trinajstić information content (AvgIpc) is 2.38. The molecule has 4 nitrogen and oxygen atoms in total. The summed E-state index contributed by atoms with van der Waals surface area (Å²) in [6.07, 6.45) is 0.293. The number of carbonyl (C=O) groups is 2. The van der Waals surface area contributed by atoms with Gasteiger partial charge in [0, 0.05) is 10.9 Å². The maximum absolute atomic E-state index is 12.0. The molecule has 0 saturated heterocycles. The van der Waals surface area contributed by atoms with E-state index < -0.39 is 17.4 Å². The number of carbonyl (C=O) groups excluding carboxylic acids is 1. The van der Waals surface area contributed by atoms with Crippen LogP contribution >= 0.6 is 15.9 Å². The summed E-state index contributed by atoms with van der Waals surface area (Å²) in [6.45, 7) is 3.52. The smallest absolute Gasteiger partial charge is 0.323 e. The van der Waals surface area contributed by atoms with E-state index in [9.17, 15) is 14.7 Å². The van der Waals surface area contributed by atoms with Gasteiger partial charge in [0.25, 0.3) is 0 Å². The molecular weight excluding hydrogens is 312 g/mol. The first-order chi connectivity index (χ1) is 8.97. The summed E-state index contributed by atoms with van der Waals surface area (Å²) < 4.78 is 5.73. The maximum atomic E-state index is 12.0. The topological polar surface area (TPSA) is 63.6 Å². The van der Waals surface area contributed by atoms with Crippen molar-refractivity contribution in [1.82, 2.24) is 0 Å². The van der Waals surface area contributed by atoms with Gasteiger partial charge in [-0.05, 0) is 25.0 Å². The van der Waals surface area contributed by atoms with Crippen molar-refractivity contribution in [2.45, 2.75) is 26.7 Å². The second-order valence-corrected chi connectivity index (χ2v) is 5.08. The number of halogens is 1. The Labute approximate surface area is 120 Å². The van der Waals surface area contributed by atoms with Gasteiger partial charge in [-0.1, -0.05) is 41.1 Å². The highest BCUT2D eigenvalue weighted by Gasteiger charge is 2.46. The number of ether oxygens (including phenoxy) is 1. The number of hydrogen-bond donors (Lipinski definition) is 1.